The minimum absolute atomic E-state index is 0.0226. The summed E-state index contributed by atoms with van der Waals surface area (Å²) in [6.45, 7) is 5.13. The molecule has 1 aromatic carbocycles. The van der Waals surface area contributed by atoms with Crippen molar-refractivity contribution in [2.75, 3.05) is 19.7 Å². The Morgan fingerprint density at radius 2 is 1.96 bits per heavy atom. The fourth-order valence-corrected chi connectivity index (χ4v) is 3.71. The van der Waals surface area contributed by atoms with Crippen molar-refractivity contribution in [1.82, 2.24) is 14.3 Å². The third-order valence-electron chi connectivity index (χ3n) is 4.26. The summed E-state index contributed by atoms with van der Waals surface area (Å²) in [5.74, 6) is 0.317. The number of carbonyl (C=O) groups excluding carboxylic acids is 2. The van der Waals surface area contributed by atoms with E-state index in [1.165, 1.54) is 17.4 Å². The van der Waals surface area contributed by atoms with Crippen molar-refractivity contribution in [2.45, 2.75) is 13.8 Å². The van der Waals surface area contributed by atoms with E-state index in [1.807, 2.05) is 29.8 Å². The summed E-state index contributed by atoms with van der Waals surface area (Å²) < 4.78 is 7.35. The number of thiazole rings is 1. The SMILES string of the molecule is CCN(CC)C(=O)COc1ccc(C(=O)/C=C/c2c(Cl)nc3sccn23)cc1. The van der Waals surface area contributed by atoms with Crippen molar-refractivity contribution in [3.05, 3.63) is 58.3 Å². The third kappa shape index (κ3) is 4.43. The number of hydrogen-bond donors (Lipinski definition) is 0. The van der Waals surface area contributed by atoms with Gasteiger partial charge in [0, 0.05) is 30.2 Å². The van der Waals surface area contributed by atoms with Gasteiger partial charge in [-0.3, -0.25) is 14.0 Å². The number of likely N-dealkylation sites (N-methyl/N-ethyl adjacent to an activating group) is 1. The maximum Gasteiger partial charge on any atom is 0.260 e. The van der Waals surface area contributed by atoms with E-state index in [0.29, 0.717) is 35.2 Å². The molecule has 1 amide bonds. The molecule has 3 aromatic rings. The van der Waals surface area contributed by atoms with Crippen LogP contribution in [0.15, 0.2) is 41.9 Å². The first-order valence-electron chi connectivity index (χ1n) is 8.87. The molecule has 0 atom stereocenters. The highest BCUT2D eigenvalue weighted by molar-refractivity contribution is 7.15. The Labute approximate surface area is 172 Å². The summed E-state index contributed by atoms with van der Waals surface area (Å²) in [7, 11) is 0. The Kier molecular flexibility index (Phi) is 6.49. The van der Waals surface area contributed by atoms with Crippen molar-refractivity contribution in [3.63, 3.8) is 0 Å². The van der Waals surface area contributed by atoms with Crippen LogP contribution in [0.3, 0.4) is 0 Å². The van der Waals surface area contributed by atoms with Gasteiger partial charge in [-0.15, -0.1) is 11.3 Å². The minimum Gasteiger partial charge on any atom is -0.484 e. The summed E-state index contributed by atoms with van der Waals surface area (Å²) in [6, 6.07) is 6.70. The van der Waals surface area contributed by atoms with Gasteiger partial charge in [-0.05, 0) is 50.3 Å². The lowest BCUT2D eigenvalue weighted by molar-refractivity contribution is -0.132. The zero-order chi connectivity index (χ0) is 20.1. The molecular weight excluding hydrogens is 398 g/mol. The van der Waals surface area contributed by atoms with Gasteiger partial charge >= 0.3 is 0 Å². The van der Waals surface area contributed by atoms with E-state index in [0.717, 1.165) is 4.96 Å². The Morgan fingerprint density at radius 3 is 2.64 bits per heavy atom. The second-order valence-electron chi connectivity index (χ2n) is 5.92. The molecule has 0 aliphatic heterocycles. The number of halogens is 1. The van der Waals surface area contributed by atoms with Crippen LogP contribution in [0.25, 0.3) is 11.0 Å². The van der Waals surface area contributed by atoms with E-state index < -0.39 is 0 Å². The molecule has 0 radical (unpaired) electrons. The number of aromatic nitrogens is 2. The van der Waals surface area contributed by atoms with E-state index in [-0.39, 0.29) is 18.3 Å². The average molecular weight is 418 g/mol. The zero-order valence-corrected chi connectivity index (χ0v) is 17.2. The molecule has 28 heavy (non-hydrogen) atoms. The normalized spacial score (nSPS) is 11.2. The van der Waals surface area contributed by atoms with Gasteiger partial charge in [-0.25, -0.2) is 4.98 Å². The van der Waals surface area contributed by atoms with Gasteiger partial charge < -0.3 is 9.64 Å². The fraction of sp³-hybridized carbons (Fsp3) is 0.250. The van der Waals surface area contributed by atoms with Crippen LogP contribution in [0.5, 0.6) is 5.75 Å². The van der Waals surface area contributed by atoms with Gasteiger partial charge in [0.05, 0.1) is 5.69 Å². The molecule has 0 spiro atoms. The van der Waals surface area contributed by atoms with Crippen LogP contribution in [0.2, 0.25) is 5.15 Å². The number of hydrogen-bond acceptors (Lipinski definition) is 5. The number of carbonyl (C=O) groups is 2. The monoisotopic (exact) mass is 417 g/mol. The zero-order valence-electron chi connectivity index (χ0n) is 15.6. The highest BCUT2D eigenvalue weighted by atomic mass is 35.5. The molecule has 0 fully saturated rings. The average Bonchev–Trinajstić information content (AvgIpc) is 3.26. The summed E-state index contributed by atoms with van der Waals surface area (Å²) in [6.07, 6.45) is 4.98. The molecule has 0 N–H and O–H groups in total. The largest absolute Gasteiger partial charge is 0.484 e. The van der Waals surface area contributed by atoms with E-state index >= 15 is 0 Å². The highest BCUT2D eigenvalue weighted by Gasteiger charge is 2.11. The molecule has 0 aliphatic carbocycles. The molecule has 3 rings (SSSR count). The molecule has 0 aliphatic rings. The number of allylic oxidation sites excluding steroid dienone is 1. The third-order valence-corrected chi connectivity index (χ3v) is 5.30. The smallest absolute Gasteiger partial charge is 0.260 e. The van der Waals surface area contributed by atoms with E-state index in [4.69, 9.17) is 16.3 Å². The second-order valence-corrected chi connectivity index (χ2v) is 7.15. The van der Waals surface area contributed by atoms with E-state index in [2.05, 4.69) is 4.98 Å². The van der Waals surface area contributed by atoms with Crippen LogP contribution in [0, 0.1) is 0 Å². The molecule has 0 saturated heterocycles. The van der Waals surface area contributed by atoms with Crippen LogP contribution in [0.1, 0.15) is 29.9 Å². The Hall–Kier alpha value is -2.64. The number of amides is 1. The van der Waals surface area contributed by atoms with E-state index in [1.54, 1.807) is 35.2 Å². The van der Waals surface area contributed by atoms with Gasteiger partial charge in [-0.2, -0.15) is 0 Å². The standard InChI is InChI=1S/C20H20ClN3O3S/c1-3-23(4-2)18(26)13-27-15-7-5-14(6-8-15)17(25)10-9-16-19(21)22-20-24(16)11-12-28-20/h5-12H,3-4,13H2,1-2H3/b10-9+. The molecule has 2 heterocycles. The van der Waals surface area contributed by atoms with Crippen molar-refractivity contribution in [3.8, 4) is 5.75 Å². The lowest BCUT2D eigenvalue weighted by Crippen LogP contribution is -2.34. The molecule has 2 aromatic heterocycles. The predicted molar refractivity (Wildman–Crippen MR) is 111 cm³/mol. The fourth-order valence-electron chi connectivity index (χ4n) is 2.70. The number of benzene rings is 1. The maximum atomic E-state index is 12.4. The van der Waals surface area contributed by atoms with Gasteiger partial charge in [0.25, 0.3) is 5.91 Å². The summed E-state index contributed by atoms with van der Waals surface area (Å²) in [4.78, 5) is 31.1. The Balaban J connectivity index is 1.63. The first kappa shape index (κ1) is 20.1. The Morgan fingerprint density at radius 1 is 1.25 bits per heavy atom. The molecular formula is C20H20ClN3O3S. The molecule has 6 nitrogen and oxygen atoms in total. The molecule has 0 saturated carbocycles. The summed E-state index contributed by atoms with van der Waals surface area (Å²) in [5.41, 5.74) is 1.18. The summed E-state index contributed by atoms with van der Waals surface area (Å²) in [5, 5.41) is 2.26. The van der Waals surface area contributed by atoms with Crippen LogP contribution in [0.4, 0.5) is 0 Å². The number of ether oxygens (including phenoxy) is 1. The van der Waals surface area contributed by atoms with Crippen molar-refractivity contribution < 1.29 is 14.3 Å². The van der Waals surface area contributed by atoms with Crippen molar-refractivity contribution in [1.29, 1.82) is 0 Å². The summed E-state index contributed by atoms with van der Waals surface area (Å²) >= 11 is 7.60. The lowest BCUT2D eigenvalue weighted by Gasteiger charge is -2.18. The van der Waals surface area contributed by atoms with Gasteiger partial charge in [0.1, 0.15) is 5.75 Å². The lowest BCUT2D eigenvalue weighted by atomic mass is 10.1. The quantitative estimate of drug-likeness (QED) is 0.407. The molecule has 146 valence electrons. The molecule has 0 unspecified atom stereocenters. The Bertz CT molecular complexity index is 1000. The first-order chi connectivity index (χ1) is 13.5. The maximum absolute atomic E-state index is 12.4. The predicted octanol–water partition coefficient (Wildman–Crippen LogP) is 4.19. The number of rotatable bonds is 8. The van der Waals surface area contributed by atoms with Crippen LogP contribution in [-0.4, -0.2) is 45.7 Å². The van der Waals surface area contributed by atoms with Crippen molar-refractivity contribution >= 4 is 45.7 Å². The first-order valence-corrected chi connectivity index (χ1v) is 10.1. The minimum atomic E-state index is -0.160. The van der Waals surface area contributed by atoms with E-state index in [9.17, 15) is 9.59 Å². The number of ketones is 1. The molecule has 8 heteroatoms. The van der Waals surface area contributed by atoms with Crippen LogP contribution in [-0.2, 0) is 4.79 Å². The van der Waals surface area contributed by atoms with Gasteiger partial charge in [0.2, 0.25) is 0 Å². The van der Waals surface area contributed by atoms with Gasteiger partial charge in [-0.1, -0.05) is 11.6 Å². The topological polar surface area (TPSA) is 63.9 Å². The molecule has 0 bridgehead atoms. The second kappa shape index (κ2) is 9.03. The number of imidazole rings is 1. The van der Waals surface area contributed by atoms with Gasteiger partial charge in [0.15, 0.2) is 22.5 Å². The van der Waals surface area contributed by atoms with Crippen LogP contribution >= 0.6 is 22.9 Å². The van der Waals surface area contributed by atoms with Crippen LogP contribution < -0.4 is 4.74 Å². The number of fused-ring (bicyclic) bond motifs is 1. The highest BCUT2D eigenvalue weighted by Crippen LogP contribution is 2.22. The van der Waals surface area contributed by atoms with Crippen molar-refractivity contribution in [2.24, 2.45) is 0 Å². The number of nitrogens with zero attached hydrogens (tertiary/aromatic N) is 3.